The van der Waals surface area contributed by atoms with E-state index < -0.39 is 0 Å². The summed E-state index contributed by atoms with van der Waals surface area (Å²) in [7, 11) is 1.70. The molecule has 0 radical (unpaired) electrons. The molecule has 2 aliphatic rings. The number of methoxy groups -OCH3 is 1. The molecule has 0 aromatic carbocycles. The summed E-state index contributed by atoms with van der Waals surface area (Å²) in [5, 5.41) is 12.2. The summed E-state index contributed by atoms with van der Waals surface area (Å²) < 4.78 is 13.0. The number of ether oxygens (including phenoxy) is 2. The van der Waals surface area contributed by atoms with Gasteiger partial charge in [0.1, 0.15) is 12.4 Å². The van der Waals surface area contributed by atoms with Crippen molar-refractivity contribution in [3.05, 3.63) is 11.6 Å². The van der Waals surface area contributed by atoms with E-state index >= 15 is 0 Å². The van der Waals surface area contributed by atoms with Crippen molar-refractivity contribution < 1.29 is 9.47 Å². The van der Waals surface area contributed by atoms with Gasteiger partial charge in [-0.25, -0.2) is 4.99 Å². The van der Waals surface area contributed by atoms with E-state index in [1.165, 1.54) is 19.3 Å². The van der Waals surface area contributed by atoms with Gasteiger partial charge >= 0.3 is 0 Å². The lowest BCUT2D eigenvalue weighted by atomic mass is 10.1. The summed E-state index contributed by atoms with van der Waals surface area (Å²) in [4.78, 5) is 7.21. The highest BCUT2D eigenvalue weighted by Gasteiger charge is 2.25. The third-order valence-corrected chi connectivity index (χ3v) is 5.26. The lowest BCUT2D eigenvalue weighted by Gasteiger charge is -2.21. The average molecular weight is 379 g/mol. The lowest BCUT2D eigenvalue weighted by molar-refractivity contribution is 0.0536. The Hall–Kier alpha value is -1.67. The highest BCUT2D eigenvalue weighted by atomic mass is 16.5. The molecular formula is C19H34N6O2. The minimum Gasteiger partial charge on any atom is -0.382 e. The standard InChI is InChI=1S/C19H34N6O2/c1-3-20-19(24-10-8-16(14-24)15-27-12-11-26-2)21-13-18-23-22-17-7-5-4-6-9-25(17)18/h16H,3-15H2,1-2H3,(H,20,21). The van der Waals surface area contributed by atoms with Crippen LogP contribution in [0.5, 0.6) is 0 Å². The second-order valence-corrected chi connectivity index (χ2v) is 7.33. The number of aryl methyl sites for hydroxylation is 1. The fraction of sp³-hybridized carbons (Fsp3) is 0.842. The van der Waals surface area contributed by atoms with Crippen molar-refractivity contribution >= 4 is 5.96 Å². The van der Waals surface area contributed by atoms with Crippen LogP contribution in [0.1, 0.15) is 44.3 Å². The topological polar surface area (TPSA) is 76.8 Å². The molecule has 1 aromatic heterocycles. The van der Waals surface area contributed by atoms with Crippen LogP contribution in [0.25, 0.3) is 0 Å². The molecule has 0 spiro atoms. The second-order valence-electron chi connectivity index (χ2n) is 7.33. The van der Waals surface area contributed by atoms with Crippen LogP contribution in [-0.2, 0) is 29.0 Å². The van der Waals surface area contributed by atoms with E-state index in [2.05, 4.69) is 31.9 Å². The fourth-order valence-electron chi connectivity index (χ4n) is 3.79. The molecule has 0 saturated carbocycles. The molecule has 2 aliphatic heterocycles. The molecule has 1 aromatic rings. The van der Waals surface area contributed by atoms with Gasteiger partial charge in [-0.15, -0.1) is 10.2 Å². The molecule has 1 saturated heterocycles. The van der Waals surface area contributed by atoms with Crippen LogP contribution >= 0.6 is 0 Å². The van der Waals surface area contributed by atoms with Gasteiger partial charge in [-0.2, -0.15) is 0 Å². The van der Waals surface area contributed by atoms with Crippen LogP contribution in [-0.4, -0.2) is 72.2 Å². The fourth-order valence-corrected chi connectivity index (χ4v) is 3.79. The van der Waals surface area contributed by atoms with Crippen molar-refractivity contribution in [3.8, 4) is 0 Å². The van der Waals surface area contributed by atoms with Gasteiger partial charge in [0.2, 0.25) is 0 Å². The number of guanidine groups is 1. The minimum atomic E-state index is 0.551. The first-order chi connectivity index (χ1) is 13.3. The van der Waals surface area contributed by atoms with Crippen molar-refractivity contribution in [1.82, 2.24) is 25.0 Å². The van der Waals surface area contributed by atoms with Crippen LogP contribution in [0.4, 0.5) is 0 Å². The second kappa shape index (κ2) is 10.6. The van der Waals surface area contributed by atoms with Crippen molar-refractivity contribution in [2.24, 2.45) is 10.9 Å². The molecule has 8 nitrogen and oxygen atoms in total. The summed E-state index contributed by atoms with van der Waals surface area (Å²) in [6, 6.07) is 0. The molecule has 0 aliphatic carbocycles. The molecular weight excluding hydrogens is 344 g/mol. The van der Waals surface area contributed by atoms with E-state index in [4.69, 9.17) is 14.5 Å². The molecule has 1 atom stereocenters. The first-order valence-electron chi connectivity index (χ1n) is 10.3. The number of hydrogen-bond acceptors (Lipinski definition) is 5. The van der Waals surface area contributed by atoms with Gasteiger partial charge in [0.05, 0.1) is 19.8 Å². The SMILES string of the molecule is CCNC(=NCc1nnc2n1CCCCC2)N1CCC(COCCOC)C1. The number of likely N-dealkylation sites (tertiary alicyclic amines) is 1. The number of rotatable bonds is 8. The molecule has 152 valence electrons. The molecule has 8 heteroatoms. The largest absolute Gasteiger partial charge is 0.382 e. The van der Waals surface area contributed by atoms with Crippen molar-refractivity contribution in [2.75, 3.05) is 46.6 Å². The van der Waals surface area contributed by atoms with Crippen LogP contribution < -0.4 is 5.32 Å². The van der Waals surface area contributed by atoms with Gasteiger partial charge in [0.25, 0.3) is 0 Å². The molecule has 3 heterocycles. The van der Waals surface area contributed by atoms with Crippen LogP contribution in [0.2, 0.25) is 0 Å². The molecule has 27 heavy (non-hydrogen) atoms. The summed E-state index contributed by atoms with van der Waals surface area (Å²) in [6.45, 7) is 8.69. The van der Waals surface area contributed by atoms with E-state index in [0.29, 0.717) is 25.7 Å². The maximum Gasteiger partial charge on any atom is 0.194 e. The van der Waals surface area contributed by atoms with Gasteiger partial charge in [-0.1, -0.05) is 6.42 Å². The van der Waals surface area contributed by atoms with Gasteiger partial charge in [-0.3, -0.25) is 0 Å². The number of aromatic nitrogens is 3. The molecule has 3 rings (SSSR count). The number of aliphatic imine (C=N–C) groups is 1. The number of fused-ring (bicyclic) bond motifs is 1. The van der Waals surface area contributed by atoms with Crippen molar-refractivity contribution in [3.63, 3.8) is 0 Å². The van der Waals surface area contributed by atoms with Crippen LogP contribution in [0, 0.1) is 5.92 Å². The van der Waals surface area contributed by atoms with E-state index in [0.717, 1.165) is 63.2 Å². The Labute approximate surface area is 162 Å². The minimum absolute atomic E-state index is 0.551. The molecule has 1 unspecified atom stereocenters. The quantitative estimate of drug-likeness (QED) is 0.419. The zero-order chi connectivity index (χ0) is 18.9. The van der Waals surface area contributed by atoms with Crippen LogP contribution in [0.15, 0.2) is 4.99 Å². The Bertz CT molecular complexity index is 603. The Morgan fingerprint density at radius 1 is 1.22 bits per heavy atom. The van der Waals surface area contributed by atoms with Crippen LogP contribution in [0.3, 0.4) is 0 Å². The Kier molecular flexibility index (Phi) is 7.89. The number of nitrogens with zero attached hydrogens (tertiary/aromatic N) is 5. The highest BCUT2D eigenvalue weighted by molar-refractivity contribution is 5.80. The van der Waals surface area contributed by atoms with E-state index in [9.17, 15) is 0 Å². The van der Waals surface area contributed by atoms with E-state index in [1.807, 2.05) is 0 Å². The zero-order valence-electron chi connectivity index (χ0n) is 16.8. The smallest absolute Gasteiger partial charge is 0.194 e. The van der Waals surface area contributed by atoms with Gasteiger partial charge in [0.15, 0.2) is 11.8 Å². The average Bonchev–Trinajstić information content (AvgIpc) is 3.23. The summed E-state index contributed by atoms with van der Waals surface area (Å²) in [6.07, 6.45) is 5.87. The Balaban J connectivity index is 1.56. The first kappa shape index (κ1) is 20.1. The molecule has 0 bridgehead atoms. The molecule has 0 amide bonds. The normalized spacial score (nSPS) is 20.6. The highest BCUT2D eigenvalue weighted by Crippen LogP contribution is 2.18. The summed E-state index contributed by atoms with van der Waals surface area (Å²) in [5.74, 6) is 3.64. The molecule has 1 fully saturated rings. The number of hydrogen-bond donors (Lipinski definition) is 1. The molecule has 1 N–H and O–H groups in total. The first-order valence-corrected chi connectivity index (χ1v) is 10.3. The van der Waals surface area contributed by atoms with Crippen molar-refractivity contribution in [2.45, 2.75) is 52.1 Å². The summed E-state index contributed by atoms with van der Waals surface area (Å²) >= 11 is 0. The van der Waals surface area contributed by atoms with Gasteiger partial charge in [-0.05, 0) is 26.2 Å². The third-order valence-electron chi connectivity index (χ3n) is 5.26. The van der Waals surface area contributed by atoms with E-state index in [-0.39, 0.29) is 0 Å². The number of nitrogens with one attached hydrogen (secondary N) is 1. The lowest BCUT2D eigenvalue weighted by Crippen LogP contribution is -2.40. The third kappa shape index (κ3) is 5.65. The van der Waals surface area contributed by atoms with Crippen molar-refractivity contribution in [1.29, 1.82) is 0 Å². The Morgan fingerprint density at radius 2 is 2.15 bits per heavy atom. The maximum atomic E-state index is 5.71. The van der Waals surface area contributed by atoms with E-state index in [1.54, 1.807) is 7.11 Å². The predicted molar refractivity (Wildman–Crippen MR) is 105 cm³/mol. The zero-order valence-corrected chi connectivity index (χ0v) is 16.8. The van der Waals surface area contributed by atoms with Gasteiger partial charge in [0, 0.05) is 45.6 Å². The predicted octanol–water partition coefficient (Wildman–Crippen LogP) is 1.45. The summed E-state index contributed by atoms with van der Waals surface area (Å²) in [5.41, 5.74) is 0. The monoisotopic (exact) mass is 378 g/mol. The Morgan fingerprint density at radius 3 is 3.00 bits per heavy atom. The maximum absolute atomic E-state index is 5.71. The van der Waals surface area contributed by atoms with Gasteiger partial charge < -0.3 is 24.3 Å².